The number of benzene rings is 2. The van der Waals surface area contributed by atoms with Gasteiger partial charge in [0.1, 0.15) is 17.4 Å². The zero-order chi connectivity index (χ0) is 22.5. The van der Waals surface area contributed by atoms with E-state index in [4.69, 9.17) is 9.84 Å². The third-order valence-electron chi connectivity index (χ3n) is 6.42. The lowest BCUT2D eigenvalue weighted by atomic mass is 10.1. The lowest BCUT2D eigenvalue weighted by Gasteiger charge is -2.34. The summed E-state index contributed by atoms with van der Waals surface area (Å²) in [6, 6.07) is 17.1. The van der Waals surface area contributed by atoms with Gasteiger partial charge in [-0.15, -0.1) is 11.3 Å². The molecule has 174 valence electrons. The topological polar surface area (TPSA) is 52.1 Å². The van der Waals surface area contributed by atoms with Crippen molar-refractivity contribution in [3.63, 3.8) is 0 Å². The van der Waals surface area contributed by atoms with E-state index in [-0.39, 0.29) is 6.61 Å². The summed E-state index contributed by atoms with van der Waals surface area (Å²) in [6.45, 7) is 9.57. The van der Waals surface area contributed by atoms with Crippen LogP contribution in [0.3, 0.4) is 0 Å². The number of nitrogens with zero attached hydrogens (tertiary/aromatic N) is 4. The largest absolute Gasteiger partial charge is 0.492 e. The van der Waals surface area contributed by atoms with Gasteiger partial charge in [-0.05, 0) is 17.7 Å². The summed E-state index contributed by atoms with van der Waals surface area (Å²) in [6.07, 6.45) is 2.02. The number of aliphatic hydroxyl groups is 1. The number of ether oxygens (including phenoxy) is 1. The zero-order valence-corrected chi connectivity index (χ0v) is 19.8. The average molecular weight is 465 g/mol. The number of β-amino-alcohol motifs (C(OH)–C–C–N with tert-alkyl or cyclic N) is 1. The first-order chi connectivity index (χ1) is 16.3. The summed E-state index contributed by atoms with van der Waals surface area (Å²) >= 11 is 1.78. The molecule has 5 rings (SSSR count). The third-order valence-corrected chi connectivity index (χ3v) is 7.46. The SMILES string of the molecule is OCCN1CCN(Cc2ccc3c(c2)CN(Cc2cnc(-c4ccccc4)s2)CCO3)CC1. The van der Waals surface area contributed by atoms with Gasteiger partial charge in [0.2, 0.25) is 0 Å². The molecule has 0 atom stereocenters. The van der Waals surface area contributed by atoms with Crippen molar-refractivity contribution >= 4 is 11.3 Å². The predicted molar refractivity (Wildman–Crippen MR) is 132 cm³/mol. The zero-order valence-electron chi connectivity index (χ0n) is 19.0. The van der Waals surface area contributed by atoms with Crippen LogP contribution in [0.5, 0.6) is 5.75 Å². The Labute approximate surface area is 200 Å². The van der Waals surface area contributed by atoms with Crippen LogP contribution >= 0.6 is 11.3 Å². The van der Waals surface area contributed by atoms with Gasteiger partial charge in [-0.1, -0.05) is 36.4 Å². The van der Waals surface area contributed by atoms with Gasteiger partial charge in [-0.3, -0.25) is 14.7 Å². The number of aromatic nitrogens is 1. The Morgan fingerprint density at radius 1 is 0.909 bits per heavy atom. The number of hydrogen-bond acceptors (Lipinski definition) is 7. The van der Waals surface area contributed by atoms with Crippen LogP contribution in [0.4, 0.5) is 0 Å². The first-order valence-corrected chi connectivity index (χ1v) is 12.6. The molecule has 0 saturated carbocycles. The quantitative estimate of drug-likeness (QED) is 0.579. The van der Waals surface area contributed by atoms with Crippen molar-refractivity contribution in [2.45, 2.75) is 19.6 Å². The van der Waals surface area contributed by atoms with Crippen LogP contribution in [0.1, 0.15) is 16.0 Å². The maximum Gasteiger partial charge on any atom is 0.123 e. The molecule has 7 heteroatoms. The van der Waals surface area contributed by atoms with Crippen molar-refractivity contribution in [2.24, 2.45) is 0 Å². The minimum atomic E-state index is 0.246. The van der Waals surface area contributed by atoms with Gasteiger partial charge in [-0.2, -0.15) is 0 Å². The molecule has 0 bridgehead atoms. The summed E-state index contributed by atoms with van der Waals surface area (Å²) in [4.78, 5) is 13.2. The van der Waals surface area contributed by atoms with Crippen molar-refractivity contribution < 1.29 is 9.84 Å². The molecule has 1 aromatic heterocycles. The fourth-order valence-electron chi connectivity index (χ4n) is 4.62. The molecule has 2 aliphatic heterocycles. The molecular formula is C26H32N4O2S. The molecule has 3 heterocycles. The van der Waals surface area contributed by atoms with Gasteiger partial charge in [0, 0.05) is 81.1 Å². The summed E-state index contributed by atoms with van der Waals surface area (Å²) < 4.78 is 6.08. The van der Waals surface area contributed by atoms with E-state index in [0.29, 0.717) is 6.61 Å². The second kappa shape index (κ2) is 10.8. The Bertz CT molecular complexity index is 1030. The Morgan fingerprint density at radius 2 is 1.73 bits per heavy atom. The first kappa shape index (κ1) is 22.5. The van der Waals surface area contributed by atoms with Crippen LogP contribution in [0.25, 0.3) is 10.6 Å². The number of aliphatic hydroxyl groups excluding tert-OH is 1. The van der Waals surface area contributed by atoms with Crippen LogP contribution in [0.15, 0.2) is 54.7 Å². The van der Waals surface area contributed by atoms with Gasteiger partial charge >= 0.3 is 0 Å². The smallest absolute Gasteiger partial charge is 0.123 e. The average Bonchev–Trinajstić information content (AvgIpc) is 3.21. The number of piperazine rings is 1. The fraction of sp³-hybridized carbons (Fsp3) is 0.423. The number of fused-ring (bicyclic) bond motifs is 1. The number of thiazole rings is 1. The molecule has 0 aliphatic carbocycles. The Hall–Kier alpha value is -2.29. The van der Waals surface area contributed by atoms with Crippen LogP contribution in [0, 0.1) is 0 Å². The maximum atomic E-state index is 9.15. The molecule has 0 unspecified atom stereocenters. The van der Waals surface area contributed by atoms with Crippen molar-refractivity contribution in [3.8, 4) is 16.3 Å². The van der Waals surface area contributed by atoms with Crippen LogP contribution in [-0.2, 0) is 19.6 Å². The van der Waals surface area contributed by atoms with Crippen LogP contribution < -0.4 is 4.74 Å². The molecule has 3 aromatic rings. The van der Waals surface area contributed by atoms with Crippen molar-refractivity contribution in [1.82, 2.24) is 19.7 Å². The lowest BCUT2D eigenvalue weighted by Crippen LogP contribution is -2.46. The maximum absolute atomic E-state index is 9.15. The molecule has 0 spiro atoms. The van der Waals surface area contributed by atoms with E-state index in [1.807, 2.05) is 12.3 Å². The van der Waals surface area contributed by atoms with E-state index in [1.165, 1.54) is 21.6 Å². The summed E-state index contributed by atoms with van der Waals surface area (Å²) in [7, 11) is 0. The van der Waals surface area contributed by atoms with E-state index in [2.05, 4.69) is 62.1 Å². The van der Waals surface area contributed by atoms with E-state index >= 15 is 0 Å². The molecule has 6 nitrogen and oxygen atoms in total. The molecule has 0 radical (unpaired) electrons. The second-order valence-electron chi connectivity index (χ2n) is 8.84. The van der Waals surface area contributed by atoms with Gasteiger partial charge in [0.05, 0.1) is 6.61 Å². The standard InChI is InChI=1S/C26H32N4O2S/c31-14-12-28-8-10-29(11-9-28)18-21-6-7-25-23(16-21)19-30(13-15-32-25)20-24-17-27-26(33-24)22-4-2-1-3-5-22/h1-7,16-17,31H,8-15,18-20H2. The minimum Gasteiger partial charge on any atom is -0.492 e. The Kier molecular flexibility index (Phi) is 7.34. The summed E-state index contributed by atoms with van der Waals surface area (Å²) in [5.74, 6) is 1.02. The fourth-order valence-corrected chi connectivity index (χ4v) is 5.58. The molecule has 33 heavy (non-hydrogen) atoms. The van der Waals surface area contributed by atoms with E-state index < -0.39 is 0 Å². The van der Waals surface area contributed by atoms with E-state index in [9.17, 15) is 0 Å². The van der Waals surface area contributed by atoms with Gasteiger partial charge in [0.25, 0.3) is 0 Å². The predicted octanol–water partition coefficient (Wildman–Crippen LogP) is 3.31. The molecule has 1 N–H and O–H groups in total. The van der Waals surface area contributed by atoms with E-state index in [1.54, 1.807) is 11.3 Å². The van der Waals surface area contributed by atoms with Crippen molar-refractivity contribution in [3.05, 3.63) is 70.7 Å². The van der Waals surface area contributed by atoms with Gasteiger partial charge in [-0.25, -0.2) is 4.98 Å². The highest BCUT2D eigenvalue weighted by Crippen LogP contribution is 2.29. The molecule has 1 fully saturated rings. The first-order valence-electron chi connectivity index (χ1n) is 11.8. The summed E-state index contributed by atoms with van der Waals surface area (Å²) in [5.41, 5.74) is 3.80. The molecule has 1 saturated heterocycles. The highest BCUT2D eigenvalue weighted by atomic mass is 32.1. The van der Waals surface area contributed by atoms with Crippen molar-refractivity contribution in [2.75, 3.05) is 52.5 Å². The van der Waals surface area contributed by atoms with Crippen LogP contribution in [-0.4, -0.2) is 77.3 Å². The van der Waals surface area contributed by atoms with Gasteiger partial charge in [0.15, 0.2) is 0 Å². The second-order valence-corrected chi connectivity index (χ2v) is 9.96. The Morgan fingerprint density at radius 3 is 2.55 bits per heavy atom. The molecule has 2 aromatic carbocycles. The lowest BCUT2D eigenvalue weighted by molar-refractivity contribution is 0.108. The van der Waals surface area contributed by atoms with Gasteiger partial charge < -0.3 is 9.84 Å². The molecule has 2 aliphatic rings. The van der Waals surface area contributed by atoms with Crippen molar-refractivity contribution in [1.29, 1.82) is 0 Å². The monoisotopic (exact) mass is 464 g/mol. The number of rotatable bonds is 7. The highest BCUT2D eigenvalue weighted by Gasteiger charge is 2.20. The third kappa shape index (κ3) is 5.80. The van der Waals surface area contributed by atoms with E-state index in [0.717, 1.165) is 69.7 Å². The Balaban J connectivity index is 1.22. The van der Waals surface area contributed by atoms with Crippen LogP contribution in [0.2, 0.25) is 0 Å². The summed E-state index contributed by atoms with van der Waals surface area (Å²) in [5, 5.41) is 10.2. The number of hydrogen-bond donors (Lipinski definition) is 1. The molecular weight excluding hydrogens is 432 g/mol. The minimum absolute atomic E-state index is 0.246. The normalized spacial score (nSPS) is 18.0. The molecule has 0 amide bonds. The highest BCUT2D eigenvalue weighted by molar-refractivity contribution is 7.15.